The summed E-state index contributed by atoms with van der Waals surface area (Å²) in [6.45, 7) is 78.5. The maximum atomic E-state index is 4.52. The highest BCUT2D eigenvalue weighted by molar-refractivity contribution is 5.31. The normalized spacial score (nSPS) is 13.0. The van der Waals surface area contributed by atoms with E-state index in [2.05, 4.69) is 350 Å². The van der Waals surface area contributed by atoms with Crippen molar-refractivity contribution < 1.29 is 0 Å². The molecule has 5 aromatic heterocycles. The minimum absolute atomic E-state index is 0.0381. The lowest BCUT2D eigenvalue weighted by Gasteiger charge is -2.23. The fraction of sp³-hybridized carbons (Fsp3) is 0.632. The highest BCUT2D eigenvalue weighted by Gasteiger charge is 2.24. The molecule has 84 heavy (non-hydrogen) atoms. The maximum Gasteiger partial charge on any atom is 0.133 e. The average molecular weight is 1150 g/mol. The van der Waals surface area contributed by atoms with E-state index in [1.54, 1.807) is 0 Å². The van der Waals surface area contributed by atoms with Crippen LogP contribution in [0.25, 0.3) is 0 Å². The molecule has 0 fully saturated rings. The van der Waals surface area contributed by atoms with Gasteiger partial charge in [0.2, 0.25) is 0 Å². The third-order valence-electron chi connectivity index (χ3n) is 14.0. The topological polar surface area (TPSA) is 103 Å². The summed E-state index contributed by atoms with van der Waals surface area (Å²) in [5.74, 6) is 0.908. The summed E-state index contributed by atoms with van der Waals surface area (Å²) in [4.78, 5) is 26.8. The fourth-order valence-corrected chi connectivity index (χ4v) is 7.37. The van der Waals surface area contributed by atoms with E-state index in [1.165, 1.54) is 27.8 Å². The van der Waals surface area contributed by atoms with Crippen molar-refractivity contribution in [2.75, 3.05) is 0 Å². The molecule has 6 aromatic rings. The summed E-state index contributed by atoms with van der Waals surface area (Å²) in [7, 11) is 0. The van der Waals surface area contributed by atoms with Crippen LogP contribution < -0.4 is 0 Å². The van der Waals surface area contributed by atoms with Crippen molar-refractivity contribution in [3.63, 3.8) is 0 Å². The van der Waals surface area contributed by atoms with Crippen LogP contribution in [-0.4, -0.2) is 40.1 Å². The van der Waals surface area contributed by atoms with Gasteiger partial charge in [-0.15, -0.1) is 0 Å². The molecule has 8 heteroatoms. The summed E-state index contributed by atoms with van der Waals surface area (Å²) >= 11 is 0. The first-order valence-electron chi connectivity index (χ1n) is 30.8. The van der Waals surface area contributed by atoms with Crippen molar-refractivity contribution >= 4 is 0 Å². The third kappa shape index (κ3) is 27.4. The highest BCUT2D eigenvalue weighted by Crippen LogP contribution is 2.30. The minimum Gasteiger partial charge on any atom is -0.260 e. The van der Waals surface area contributed by atoms with Gasteiger partial charge in [0.25, 0.3) is 0 Å². The third-order valence-corrected chi connectivity index (χ3v) is 14.0. The van der Waals surface area contributed by atoms with Crippen LogP contribution in [0, 0.1) is 0 Å². The van der Waals surface area contributed by atoms with Crippen molar-refractivity contribution in [2.24, 2.45) is 0 Å². The van der Waals surface area contributed by atoms with E-state index in [0.717, 1.165) is 40.0 Å². The molecule has 0 N–H and O–H groups in total. The van der Waals surface area contributed by atoms with Gasteiger partial charge < -0.3 is 0 Å². The molecule has 6 rings (SSSR count). The Hall–Kier alpha value is -5.24. The van der Waals surface area contributed by atoms with Gasteiger partial charge in [-0.1, -0.05) is 286 Å². The first kappa shape index (κ1) is 76.8. The van der Waals surface area contributed by atoms with Crippen LogP contribution in [0.1, 0.15) is 317 Å². The Morgan fingerprint density at radius 1 is 0.167 bits per heavy atom. The van der Waals surface area contributed by atoms with Crippen molar-refractivity contribution in [1.82, 2.24) is 40.1 Å². The number of hydrogen-bond acceptors (Lipinski definition) is 8. The summed E-state index contributed by atoms with van der Waals surface area (Å²) in [5.41, 5.74) is 14.8. The first-order valence-corrected chi connectivity index (χ1v) is 30.8. The summed E-state index contributed by atoms with van der Waals surface area (Å²) < 4.78 is 0. The van der Waals surface area contributed by atoms with E-state index in [-0.39, 0.29) is 65.0 Å². The molecule has 0 radical (unpaired) electrons. The maximum absolute atomic E-state index is 4.52. The molecule has 5 heterocycles. The summed E-state index contributed by atoms with van der Waals surface area (Å²) in [6.07, 6.45) is 11.7. The lowest BCUT2D eigenvalue weighted by Crippen LogP contribution is -2.18. The predicted molar refractivity (Wildman–Crippen MR) is 365 cm³/mol. The Balaban J connectivity index is 0.000000504. The average Bonchev–Trinajstić information content (AvgIpc) is 3.32. The zero-order valence-corrected chi connectivity index (χ0v) is 60.8. The van der Waals surface area contributed by atoms with E-state index >= 15 is 0 Å². The second kappa shape index (κ2) is 28.5. The molecule has 0 saturated heterocycles. The van der Waals surface area contributed by atoms with Crippen molar-refractivity contribution in [3.8, 4) is 0 Å². The predicted octanol–water partition coefficient (Wildman–Crippen LogP) is 20.8. The monoisotopic (exact) mass is 1150 g/mol. The number of hydrogen-bond donors (Lipinski definition) is 0. The quantitative estimate of drug-likeness (QED) is 0.148. The van der Waals surface area contributed by atoms with Crippen LogP contribution in [-0.2, 0) is 65.0 Å². The molecule has 1 aromatic carbocycles. The molecule has 0 bridgehead atoms. The van der Waals surface area contributed by atoms with E-state index in [0.29, 0.717) is 0 Å². The van der Waals surface area contributed by atoms with Crippen LogP contribution in [0.2, 0.25) is 0 Å². The van der Waals surface area contributed by atoms with Gasteiger partial charge in [-0.25, -0.2) is 9.97 Å². The van der Waals surface area contributed by atoms with Gasteiger partial charge >= 0.3 is 0 Å². The van der Waals surface area contributed by atoms with Gasteiger partial charge in [-0.2, -0.15) is 10.2 Å². The van der Waals surface area contributed by atoms with E-state index in [9.17, 15) is 0 Å². The lowest BCUT2D eigenvalue weighted by molar-refractivity contribution is 0.527. The Labute approximate surface area is 517 Å². The minimum atomic E-state index is 0.0381. The molecule has 0 aliphatic carbocycles. The Morgan fingerprint density at radius 3 is 0.536 bits per heavy atom. The SMILES string of the molecule is CC(C)(C)c1ccc(C(C)(C)C)cc1.CC(C)(C)c1ccc(C(C)(C)C)nc1.CC(C)(C)c1ccc(C(C)(C)C)nc1.CC(C)(C)c1ccc(C(C)(C)C)nn1.CC(C)(C)c1cnc(C(C)(C)C)cn1.CC(C)(C)c1cnc(C(C)(C)C)nc1. The fourth-order valence-electron chi connectivity index (χ4n) is 7.37. The van der Waals surface area contributed by atoms with E-state index in [1.807, 2.05) is 37.2 Å². The number of benzene rings is 1. The molecule has 0 atom stereocenters. The van der Waals surface area contributed by atoms with Crippen LogP contribution in [0.3, 0.4) is 0 Å². The van der Waals surface area contributed by atoms with E-state index in [4.69, 9.17) is 0 Å². The summed E-state index contributed by atoms with van der Waals surface area (Å²) in [6, 6.07) is 21.8. The Morgan fingerprint density at radius 2 is 0.369 bits per heavy atom. The molecular formula is C76H124N8. The number of pyridine rings is 2. The van der Waals surface area contributed by atoms with Crippen LogP contribution in [0.5, 0.6) is 0 Å². The highest BCUT2D eigenvalue weighted by atomic mass is 15.1. The number of nitrogens with zero attached hydrogens (tertiary/aromatic N) is 8. The summed E-state index contributed by atoms with van der Waals surface area (Å²) in [5, 5.41) is 8.53. The van der Waals surface area contributed by atoms with Crippen molar-refractivity contribution in [3.05, 3.63) is 166 Å². The first-order chi connectivity index (χ1) is 37.3. The molecule has 0 spiro atoms. The number of aromatic nitrogens is 8. The largest absolute Gasteiger partial charge is 0.260 e. The molecule has 8 nitrogen and oxygen atoms in total. The van der Waals surface area contributed by atoms with Gasteiger partial charge in [0.1, 0.15) is 5.82 Å². The van der Waals surface area contributed by atoms with Crippen LogP contribution in [0.4, 0.5) is 0 Å². The van der Waals surface area contributed by atoms with Crippen LogP contribution >= 0.6 is 0 Å². The van der Waals surface area contributed by atoms with Gasteiger partial charge in [0, 0.05) is 86.5 Å². The molecule has 0 aliphatic rings. The Kier molecular flexibility index (Phi) is 26.1. The Bertz CT molecular complexity index is 2110. The standard InChI is InChI=1S/C14H22.2C13H21N.3C12H20N2/c1-13(2,3)11-7-9-12(10-8-11)14(4,5)6;2*1-12(2,3)10-7-8-11(14-9-10)13(4,5)6;1-11(2,3)9-7-14-10(8-13-9)12(4,5)6;1-11(2,3)9-7-13-10(14-8-9)12(4,5)6;1-11(2,3)9-7-8-10(14-13-9)12(4,5)6/h7-10H,1-6H3;2*7-9H,1-6H3;3*7-8H,1-6H3. The second-order valence-corrected chi connectivity index (χ2v) is 35.3. The molecule has 0 amide bonds. The molecule has 0 unspecified atom stereocenters. The molecular weight excluding hydrogens is 1020 g/mol. The van der Waals surface area contributed by atoms with E-state index < -0.39 is 0 Å². The lowest BCUT2D eigenvalue weighted by atomic mass is 9.82. The van der Waals surface area contributed by atoms with Gasteiger partial charge in [0.15, 0.2) is 0 Å². The van der Waals surface area contributed by atoms with Crippen molar-refractivity contribution in [2.45, 2.75) is 314 Å². The van der Waals surface area contributed by atoms with Gasteiger partial charge in [0.05, 0.1) is 22.8 Å². The zero-order chi connectivity index (χ0) is 65.9. The van der Waals surface area contributed by atoms with Crippen molar-refractivity contribution in [1.29, 1.82) is 0 Å². The molecule has 0 saturated carbocycles. The molecule has 468 valence electrons. The van der Waals surface area contributed by atoms with Gasteiger partial charge in [-0.05, 0) is 79.2 Å². The van der Waals surface area contributed by atoms with Gasteiger partial charge in [-0.3, -0.25) is 19.9 Å². The number of rotatable bonds is 0. The second-order valence-electron chi connectivity index (χ2n) is 35.3. The molecule has 0 aliphatic heterocycles. The van der Waals surface area contributed by atoms with Crippen LogP contribution in [0.15, 0.2) is 97.8 Å². The zero-order valence-electron chi connectivity index (χ0n) is 60.8. The smallest absolute Gasteiger partial charge is 0.133 e.